The lowest BCUT2D eigenvalue weighted by Crippen LogP contribution is -2.35. The first-order valence-corrected chi connectivity index (χ1v) is 12.0. The lowest BCUT2D eigenvalue weighted by Gasteiger charge is -2.22. The molecule has 0 atom stereocenters. The topological polar surface area (TPSA) is 121 Å². The first kappa shape index (κ1) is 26.3. The number of amides is 1. The van der Waals surface area contributed by atoms with Crippen LogP contribution in [0.1, 0.15) is 27.4 Å². The van der Waals surface area contributed by atoms with Gasteiger partial charge in [-0.05, 0) is 37.1 Å². The van der Waals surface area contributed by atoms with Crippen LogP contribution in [0.2, 0.25) is 0 Å². The van der Waals surface area contributed by atoms with Crippen molar-refractivity contribution in [2.24, 2.45) is 0 Å². The molecule has 1 heterocycles. The molecule has 1 amide bonds. The minimum absolute atomic E-state index is 0.143. The molecule has 196 valence electrons. The van der Waals surface area contributed by atoms with Gasteiger partial charge in [0.25, 0.3) is 11.6 Å². The number of nitro groups is 1. The summed E-state index contributed by atoms with van der Waals surface area (Å²) in [5.41, 5.74) is 3.00. The molecule has 0 aliphatic carbocycles. The van der Waals surface area contributed by atoms with Crippen LogP contribution in [0.25, 0.3) is 11.4 Å². The Bertz CT molecular complexity index is 1420. The van der Waals surface area contributed by atoms with Crippen LogP contribution in [-0.4, -0.2) is 53.2 Å². The molecule has 4 rings (SSSR count). The number of hydrogen-bond acceptors (Lipinski definition) is 8. The van der Waals surface area contributed by atoms with Gasteiger partial charge in [0.1, 0.15) is 0 Å². The minimum atomic E-state index is -0.518. The van der Waals surface area contributed by atoms with Gasteiger partial charge in [0.05, 0.1) is 19.1 Å². The van der Waals surface area contributed by atoms with Gasteiger partial charge in [-0.3, -0.25) is 14.9 Å². The molecular weight excluding hydrogens is 488 g/mol. The monoisotopic (exact) mass is 516 g/mol. The molecule has 0 aliphatic rings. The third kappa shape index (κ3) is 6.33. The van der Waals surface area contributed by atoms with Gasteiger partial charge in [-0.15, -0.1) is 0 Å². The fraction of sp³-hybridized carbons (Fsp3) is 0.250. The van der Waals surface area contributed by atoms with Gasteiger partial charge in [0, 0.05) is 42.8 Å². The number of nitro benzene ring substituents is 1. The van der Waals surface area contributed by atoms with Crippen molar-refractivity contribution in [1.29, 1.82) is 0 Å². The zero-order valence-corrected chi connectivity index (χ0v) is 21.4. The molecule has 0 bridgehead atoms. The van der Waals surface area contributed by atoms with E-state index in [2.05, 4.69) is 10.1 Å². The first-order chi connectivity index (χ1) is 18.4. The summed E-state index contributed by atoms with van der Waals surface area (Å²) in [6.07, 6.45) is 0.852. The van der Waals surface area contributed by atoms with E-state index in [1.54, 1.807) is 25.2 Å². The van der Waals surface area contributed by atoms with E-state index in [4.69, 9.17) is 14.0 Å². The molecule has 0 N–H and O–H groups in total. The number of aromatic nitrogens is 2. The zero-order chi connectivity index (χ0) is 27.1. The highest BCUT2D eigenvalue weighted by Crippen LogP contribution is 2.28. The van der Waals surface area contributed by atoms with Gasteiger partial charge in [0.15, 0.2) is 11.5 Å². The quantitative estimate of drug-likeness (QED) is 0.204. The van der Waals surface area contributed by atoms with Gasteiger partial charge < -0.3 is 18.9 Å². The number of nitrogens with zero attached hydrogens (tertiary/aromatic N) is 4. The fourth-order valence-electron chi connectivity index (χ4n) is 3.96. The normalized spacial score (nSPS) is 10.7. The Morgan fingerprint density at radius 1 is 0.974 bits per heavy atom. The maximum atomic E-state index is 13.4. The largest absolute Gasteiger partial charge is 0.493 e. The summed E-state index contributed by atoms with van der Waals surface area (Å²) >= 11 is 0. The highest BCUT2D eigenvalue weighted by molar-refractivity contribution is 5.94. The summed E-state index contributed by atoms with van der Waals surface area (Å²) < 4.78 is 16.1. The number of non-ortho nitro benzene ring substituents is 1. The summed E-state index contributed by atoms with van der Waals surface area (Å²) in [7, 11) is 3.13. The van der Waals surface area contributed by atoms with Crippen LogP contribution in [0.4, 0.5) is 5.69 Å². The third-order valence-electron chi connectivity index (χ3n) is 6.08. The summed E-state index contributed by atoms with van der Waals surface area (Å²) in [6.45, 7) is 2.64. The summed E-state index contributed by atoms with van der Waals surface area (Å²) in [6, 6.07) is 19.1. The zero-order valence-electron chi connectivity index (χ0n) is 21.4. The molecule has 0 spiro atoms. The van der Waals surface area contributed by atoms with E-state index in [0.29, 0.717) is 42.6 Å². The summed E-state index contributed by atoms with van der Waals surface area (Å²) in [5.74, 6) is 1.75. The Kier molecular flexibility index (Phi) is 8.32. The molecular formula is C28H28N4O6. The highest BCUT2D eigenvalue weighted by Gasteiger charge is 2.20. The Hall–Kier alpha value is -4.73. The average molecular weight is 517 g/mol. The predicted octanol–water partition coefficient (Wildman–Crippen LogP) is 4.90. The van der Waals surface area contributed by atoms with Gasteiger partial charge in [-0.1, -0.05) is 47.1 Å². The van der Waals surface area contributed by atoms with Crippen LogP contribution >= 0.6 is 0 Å². The van der Waals surface area contributed by atoms with Crippen molar-refractivity contribution in [2.75, 3.05) is 27.3 Å². The molecule has 0 radical (unpaired) electrons. The van der Waals surface area contributed by atoms with Gasteiger partial charge in [-0.2, -0.15) is 4.98 Å². The Labute approximate surface area is 220 Å². The van der Waals surface area contributed by atoms with Crippen molar-refractivity contribution in [1.82, 2.24) is 15.0 Å². The van der Waals surface area contributed by atoms with E-state index >= 15 is 0 Å². The number of hydrogen-bond donors (Lipinski definition) is 0. The van der Waals surface area contributed by atoms with Crippen LogP contribution in [-0.2, 0) is 12.8 Å². The number of ether oxygens (including phenoxy) is 2. The Balaban J connectivity index is 1.52. The van der Waals surface area contributed by atoms with E-state index in [9.17, 15) is 14.9 Å². The molecule has 10 nitrogen and oxygen atoms in total. The SMILES string of the molecule is COc1ccc(CCN(CCc2nc(-c3ccc(C)cc3)no2)C(=O)c2cccc([N+](=O)[O-])c2)cc1OC. The van der Waals surface area contributed by atoms with Crippen LogP contribution in [0.15, 0.2) is 71.3 Å². The van der Waals surface area contributed by atoms with Gasteiger partial charge >= 0.3 is 0 Å². The van der Waals surface area contributed by atoms with E-state index in [1.165, 1.54) is 18.2 Å². The van der Waals surface area contributed by atoms with Crippen molar-refractivity contribution in [3.63, 3.8) is 0 Å². The molecule has 1 aromatic heterocycles. The number of carbonyl (C=O) groups is 1. The highest BCUT2D eigenvalue weighted by atomic mass is 16.6. The van der Waals surface area contributed by atoms with E-state index in [1.807, 2.05) is 49.4 Å². The molecule has 38 heavy (non-hydrogen) atoms. The first-order valence-electron chi connectivity index (χ1n) is 12.0. The molecule has 0 aliphatic heterocycles. The average Bonchev–Trinajstić information content (AvgIpc) is 3.42. The van der Waals surface area contributed by atoms with Crippen LogP contribution in [0, 0.1) is 17.0 Å². The van der Waals surface area contributed by atoms with Crippen molar-refractivity contribution >= 4 is 11.6 Å². The molecule has 4 aromatic rings. The molecule has 0 saturated heterocycles. The maximum Gasteiger partial charge on any atom is 0.270 e. The predicted molar refractivity (Wildman–Crippen MR) is 140 cm³/mol. The van der Waals surface area contributed by atoms with Crippen molar-refractivity contribution in [2.45, 2.75) is 19.8 Å². The summed E-state index contributed by atoms with van der Waals surface area (Å²) in [4.78, 5) is 30.3. The number of rotatable bonds is 11. The third-order valence-corrected chi connectivity index (χ3v) is 6.08. The fourth-order valence-corrected chi connectivity index (χ4v) is 3.96. The van der Waals surface area contributed by atoms with Crippen molar-refractivity contribution in [3.8, 4) is 22.9 Å². The Morgan fingerprint density at radius 3 is 2.42 bits per heavy atom. The Morgan fingerprint density at radius 2 is 1.71 bits per heavy atom. The number of benzene rings is 3. The van der Waals surface area contributed by atoms with Crippen LogP contribution < -0.4 is 9.47 Å². The lowest BCUT2D eigenvalue weighted by molar-refractivity contribution is -0.384. The second-order valence-electron chi connectivity index (χ2n) is 8.67. The van der Waals surface area contributed by atoms with E-state index in [0.717, 1.165) is 16.7 Å². The molecule has 10 heteroatoms. The molecule has 0 unspecified atom stereocenters. The number of aryl methyl sites for hydroxylation is 1. The summed E-state index contributed by atoms with van der Waals surface area (Å²) in [5, 5.41) is 15.3. The van der Waals surface area contributed by atoms with Crippen molar-refractivity contribution in [3.05, 3.63) is 99.4 Å². The van der Waals surface area contributed by atoms with Crippen molar-refractivity contribution < 1.29 is 23.7 Å². The maximum absolute atomic E-state index is 13.4. The molecule has 3 aromatic carbocycles. The van der Waals surface area contributed by atoms with Crippen LogP contribution in [0.3, 0.4) is 0 Å². The van der Waals surface area contributed by atoms with Gasteiger partial charge in [-0.25, -0.2) is 0 Å². The second kappa shape index (κ2) is 12.0. The van der Waals surface area contributed by atoms with E-state index < -0.39 is 4.92 Å². The van der Waals surface area contributed by atoms with E-state index in [-0.39, 0.29) is 23.7 Å². The smallest absolute Gasteiger partial charge is 0.270 e. The second-order valence-corrected chi connectivity index (χ2v) is 8.67. The number of methoxy groups -OCH3 is 2. The standard InChI is InChI=1S/C28H28N4O6/c1-19-7-10-21(11-8-19)27-29-26(38-30-27)14-16-31(28(33)22-5-4-6-23(18-22)32(34)35)15-13-20-9-12-24(36-2)25(17-20)37-3/h4-12,17-18H,13-16H2,1-3H3. The lowest BCUT2D eigenvalue weighted by atomic mass is 10.1. The minimum Gasteiger partial charge on any atom is -0.493 e. The molecule has 0 fully saturated rings. The van der Waals surface area contributed by atoms with Gasteiger partial charge in [0.2, 0.25) is 11.7 Å². The number of carbonyl (C=O) groups excluding carboxylic acids is 1. The van der Waals surface area contributed by atoms with Crippen LogP contribution in [0.5, 0.6) is 11.5 Å². The molecule has 0 saturated carbocycles.